The number of nitrogens with one attached hydrogen (secondary N) is 1. The highest BCUT2D eigenvalue weighted by Gasteiger charge is 2.03. The van der Waals surface area contributed by atoms with Gasteiger partial charge in [0.1, 0.15) is 11.5 Å². The Hall–Kier alpha value is -0.390. The summed E-state index contributed by atoms with van der Waals surface area (Å²) in [5, 5.41) is 0.336. The second-order valence-electron chi connectivity index (χ2n) is 1.47. The number of nitrogens with two attached hydrogens (primary N) is 1. The number of nitrogen functional groups attached to an aromatic ring is 1. The third kappa shape index (κ3) is 1.36. The average Bonchev–Trinajstić information content (AvgIpc) is 1.95. The number of hydrogen-bond acceptors (Lipinski definition) is 4. The summed E-state index contributed by atoms with van der Waals surface area (Å²) < 4.78 is 0.569. The molecule has 0 aliphatic carbocycles. The molecule has 0 fully saturated rings. The van der Waals surface area contributed by atoms with E-state index in [0.29, 0.717) is 15.4 Å². The SMILES string of the molecule is NNc1ncnc(Cl)c1Br. The molecular weight excluding hydrogens is 219 g/mol. The van der Waals surface area contributed by atoms with Gasteiger partial charge in [0.05, 0.1) is 4.47 Å². The van der Waals surface area contributed by atoms with E-state index in [1.807, 2.05) is 0 Å². The van der Waals surface area contributed by atoms with E-state index in [-0.39, 0.29) is 0 Å². The number of nitrogens with zero attached hydrogens (tertiary/aromatic N) is 2. The Morgan fingerprint density at radius 3 is 2.80 bits per heavy atom. The van der Waals surface area contributed by atoms with Gasteiger partial charge in [0.25, 0.3) is 0 Å². The molecule has 0 bridgehead atoms. The summed E-state index contributed by atoms with van der Waals surface area (Å²) in [6.45, 7) is 0. The molecule has 0 amide bonds. The minimum atomic E-state index is 0.336. The zero-order valence-electron chi connectivity index (χ0n) is 4.81. The molecule has 10 heavy (non-hydrogen) atoms. The molecule has 0 aliphatic rings. The Kier molecular flexibility index (Phi) is 2.42. The molecule has 0 spiro atoms. The normalized spacial score (nSPS) is 9.50. The Labute approximate surface area is 70.9 Å². The molecule has 0 aromatic carbocycles. The maximum atomic E-state index is 5.60. The zero-order valence-corrected chi connectivity index (χ0v) is 7.15. The molecule has 0 saturated carbocycles. The molecule has 3 N–H and O–H groups in total. The zero-order chi connectivity index (χ0) is 7.56. The molecule has 54 valence electrons. The van der Waals surface area contributed by atoms with Crippen molar-refractivity contribution in [2.45, 2.75) is 0 Å². The van der Waals surface area contributed by atoms with Crippen LogP contribution >= 0.6 is 27.5 Å². The highest BCUT2D eigenvalue weighted by molar-refractivity contribution is 9.10. The molecule has 4 nitrogen and oxygen atoms in total. The van der Waals surface area contributed by atoms with Crippen LogP contribution in [0, 0.1) is 0 Å². The fourth-order valence-corrected chi connectivity index (χ4v) is 0.901. The van der Waals surface area contributed by atoms with Crippen molar-refractivity contribution >= 4 is 33.3 Å². The van der Waals surface area contributed by atoms with Gasteiger partial charge in [-0.1, -0.05) is 11.6 Å². The van der Waals surface area contributed by atoms with Crippen molar-refractivity contribution in [3.8, 4) is 0 Å². The fourth-order valence-electron chi connectivity index (χ4n) is 0.449. The maximum Gasteiger partial charge on any atom is 0.159 e. The molecule has 1 aromatic rings. The smallest absolute Gasteiger partial charge is 0.159 e. The molecule has 0 atom stereocenters. The van der Waals surface area contributed by atoms with Gasteiger partial charge in [-0.3, -0.25) is 0 Å². The number of anilines is 1. The van der Waals surface area contributed by atoms with Crippen LogP contribution in [0.1, 0.15) is 0 Å². The van der Waals surface area contributed by atoms with Crippen LogP contribution in [-0.4, -0.2) is 9.97 Å². The second-order valence-corrected chi connectivity index (χ2v) is 2.62. The predicted octanol–water partition coefficient (Wildman–Crippen LogP) is 1.18. The Bertz CT molecular complexity index is 241. The van der Waals surface area contributed by atoms with Gasteiger partial charge in [-0.25, -0.2) is 15.8 Å². The van der Waals surface area contributed by atoms with Crippen LogP contribution in [0.15, 0.2) is 10.8 Å². The number of aromatic nitrogens is 2. The molecule has 0 unspecified atom stereocenters. The molecule has 0 saturated heterocycles. The molecule has 6 heteroatoms. The Morgan fingerprint density at radius 1 is 1.60 bits per heavy atom. The van der Waals surface area contributed by atoms with Gasteiger partial charge < -0.3 is 5.43 Å². The van der Waals surface area contributed by atoms with Crippen molar-refractivity contribution in [1.82, 2.24) is 9.97 Å². The van der Waals surface area contributed by atoms with Gasteiger partial charge in [0, 0.05) is 0 Å². The van der Waals surface area contributed by atoms with E-state index in [0.717, 1.165) is 0 Å². The van der Waals surface area contributed by atoms with Crippen molar-refractivity contribution in [1.29, 1.82) is 0 Å². The fraction of sp³-hybridized carbons (Fsp3) is 0. The number of rotatable bonds is 1. The van der Waals surface area contributed by atoms with E-state index in [4.69, 9.17) is 17.4 Å². The number of hydrogen-bond donors (Lipinski definition) is 2. The summed E-state index contributed by atoms with van der Waals surface area (Å²) >= 11 is 8.74. The third-order valence-corrected chi connectivity index (χ3v) is 2.15. The van der Waals surface area contributed by atoms with Crippen LogP contribution < -0.4 is 11.3 Å². The molecule has 1 heterocycles. The highest BCUT2D eigenvalue weighted by Crippen LogP contribution is 2.24. The molecule has 1 aromatic heterocycles. The summed E-state index contributed by atoms with van der Waals surface area (Å²) in [5.41, 5.74) is 2.35. The third-order valence-electron chi connectivity index (χ3n) is 0.884. The van der Waals surface area contributed by atoms with Crippen molar-refractivity contribution in [3.63, 3.8) is 0 Å². The van der Waals surface area contributed by atoms with Crippen LogP contribution in [-0.2, 0) is 0 Å². The number of hydrazine groups is 1. The second kappa shape index (κ2) is 3.14. The minimum absolute atomic E-state index is 0.336. The summed E-state index contributed by atoms with van der Waals surface area (Å²) in [6.07, 6.45) is 1.32. The largest absolute Gasteiger partial charge is 0.307 e. The van der Waals surface area contributed by atoms with E-state index in [2.05, 4.69) is 31.3 Å². The van der Waals surface area contributed by atoms with E-state index in [9.17, 15) is 0 Å². The van der Waals surface area contributed by atoms with Crippen LogP contribution in [0.4, 0.5) is 5.82 Å². The van der Waals surface area contributed by atoms with Crippen LogP contribution in [0.5, 0.6) is 0 Å². The first-order valence-corrected chi connectivity index (χ1v) is 3.55. The van der Waals surface area contributed by atoms with Gasteiger partial charge in [0.15, 0.2) is 5.82 Å². The average molecular weight is 223 g/mol. The standard InChI is InChI=1S/C4H4BrClN4/c5-2-3(6)8-1-9-4(2)10-7/h1H,7H2,(H,8,9,10). The monoisotopic (exact) mass is 222 g/mol. The summed E-state index contributed by atoms with van der Waals surface area (Å²) in [5.74, 6) is 5.56. The van der Waals surface area contributed by atoms with Crippen LogP contribution in [0.2, 0.25) is 5.15 Å². The lowest BCUT2D eigenvalue weighted by Gasteiger charge is -2.00. The molecule has 1 rings (SSSR count). The first-order valence-electron chi connectivity index (χ1n) is 2.38. The van der Waals surface area contributed by atoms with Gasteiger partial charge in [-0.15, -0.1) is 0 Å². The lowest BCUT2D eigenvalue weighted by Crippen LogP contribution is -2.09. The summed E-state index contributed by atoms with van der Waals surface area (Å²) in [7, 11) is 0. The predicted molar refractivity (Wildman–Crippen MR) is 42.6 cm³/mol. The van der Waals surface area contributed by atoms with Gasteiger partial charge in [-0.2, -0.15) is 0 Å². The quantitative estimate of drug-likeness (QED) is 0.426. The Balaban J connectivity index is 3.14. The van der Waals surface area contributed by atoms with Gasteiger partial charge in [-0.05, 0) is 15.9 Å². The number of halogens is 2. The molecule has 0 aliphatic heterocycles. The first kappa shape index (κ1) is 7.71. The van der Waals surface area contributed by atoms with Crippen molar-refractivity contribution in [2.75, 3.05) is 5.43 Å². The maximum absolute atomic E-state index is 5.60. The lowest BCUT2D eigenvalue weighted by molar-refractivity contribution is 1.12. The van der Waals surface area contributed by atoms with Crippen LogP contribution in [0.3, 0.4) is 0 Å². The molecule has 0 radical (unpaired) electrons. The Morgan fingerprint density at radius 2 is 2.30 bits per heavy atom. The van der Waals surface area contributed by atoms with Crippen molar-refractivity contribution in [3.05, 3.63) is 16.0 Å². The van der Waals surface area contributed by atoms with E-state index in [1.54, 1.807) is 0 Å². The summed E-state index contributed by atoms with van der Waals surface area (Å²) in [4.78, 5) is 7.48. The van der Waals surface area contributed by atoms with Crippen molar-refractivity contribution < 1.29 is 0 Å². The highest BCUT2D eigenvalue weighted by atomic mass is 79.9. The lowest BCUT2D eigenvalue weighted by atomic mass is 10.6. The topological polar surface area (TPSA) is 63.8 Å². The van der Waals surface area contributed by atoms with E-state index >= 15 is 0 Å². The van der Waals surface area contributed by atoms with Crippen LogP contribution in [0.25, 0.3) is 0 Å². The van der Waals surface area contributed by atoms with E-state index < -0.39 is 0 Å². The van der Waals surface area contributed by atoms with Gasteiger partial charge >= 0.3 is 0 Å². The van der Waals surface area contributed by atoms with E-state index in [1.165, 1.54) is 6.33 Å². The minimum Gasteiger partial charge on any atom is -0.307 e. The van der Waals surface area contributed by atoms with Crippen molar-refractivity contribution in [2.24, 2.45) is 5.84 Å². The first-order chi connectivity index (χ1) is 4.75. The summed E-state index contributed by atoms with van der Waals surface area (Å²) in [6, 6.07) is 0. The molecular formula is C4H4BrClN4. The van der Waals surface area contributed by atoms with Gasteiger partial charge in [0.2, 0.25) is 0 Å².